The molecular formula is C15H23NO4S. The van der Waals surface area contributed by atoms with Crippen molar-refractivity contribution >= 4 is 16.0 Å². The third-order valence-corrected chi connectivity index (χ3v) is 4.61. The molecule has 0 aliphatic rings. The van der Waals surface area contributed by atoms with Gasteiger partial charge in [-0.05, 0) is 42.9 Å². The first-order chi connectivity index (χ1) is 9.60. The molecule has 0 unspecified atom stereocenters. The summed E-state index contributed by atoms with van der Waals surface area (Å²) in [6.45, 7) is 7.58. The number of carboxylic acid groups (broad SMARTS) is 1. The van der Waals surface area contributed by atoms with Crippen molar-refractivity contribution in [2.75, 3.05) is 0 Å². The van der Waals surface area contributed by atoms with E-state index in [9.17, 15) is 13.2 Å². The van der Waals surface area contributed by atoms with E-state index in [0.29, 0.717) is 5.56 Å². The molecule has 0 amide bonds. The van der Waals surface area contributed by atoms with Crippen LogP contribution in [0.15, 0.2) is 18.2 Å². The molecule has 2 N–H and O–H groups in total. The number of sulfonamides is 1. The highest BCUT2D eigenvalue weighted by Gasteiger charge is 2.25. The standard InChI is InChI=1S/C15H23NO4S/c1-10(2)7-14(15(17)18)16-21(19,20)9-13-6-5-11(3)12(4)8-13/h5-6,8,10,14,16H,7,9H2,1-4H3,(H,17,18)/t14-/m0/s1. The molecule has 0 saturated carbocycles. The fourth-order valence-corrected chi connectivity index (χ4v) is 3.37. The zero-order valence-electron chi connectivity index (χ0n) is 12.9. The van der Waals surface area contributed by atoms with Crippen LogP contribution in [0.5, 0.6) is 0 Å². The molecule has 0 radical (unpaired) electrons. The van der Waals surface area contributed by atoms with Gasteiger partial charge in [0.2, 0.25) is 10.0 Å². The van der Waals surface area contributed by atoms with Gasteiger partial charge in [0.1, 0.15) is 6.04 Å². The molecule has 21 heavy (non-hydrogen) atoms. The minimum atomic E-state index is -3.68. The topological polar surface area (TPSA) is 83.5 Å². The Morgan fingerprint density at radius 1 is 1.24 bits per heavy atom. The van der Waals surface area contributed by atoms with Gasteiger partial charge in [0.05, 0.1) is 5.75 Å². The molecule has 0 fully saturated rings. The van der Waals surface area contributed by atoms with Crippen LogP contribution in [0.4, 0.5) is 0 Å². The highest BCUT2D eigenvalue weighted by molar-refractivity contribution is 7.88. The van der Waals surface area contributed by atoms with Crippen LogP contribution in [-0.4, -0.2) is 25.5 Å². The molecule has 0 aromatic heterocycles. The van der Waals surface area contributed by atoms with Gasteiger partial charge >= 0.3 is 5.97 Å². The Morgan fingerprint density at radius 2 is 1.86 bits per heavy atom. The average Bonchev–Trinajstić information content (AvgIpc) is 2.31. The molecule has 118 valence electrons. The summed E-state index contributed by atoms with van der Waals surface area (Å²) in [5, 5.41) is 9.11. The van der Waals surface area contributed by atoms with E-state index in [-0.39, 0.29) is 18.1 Å². The van der Waals surface area contributed by atoms with Crippen LogP contribution >= 0.6 is 0 Å². The van der Waals surface area contributed by atoms with Crippen molar-refractivity contribution in [1.82, 2.24) is 4.72 Å². The second-order valence-electron chi connectivity index (χ2n) is 5.82. The van der Waals surface area contributed by atoms with Gasteiger partial charge in [0.25, 0.3) is 0 Å². The van der Waals surface area contributed by atoms with Crippen molar-refractivity contribution in [3.05, 3.63) is 34.9 Å². The second-order valence-corrected chi connectivity index (χ2v) is 7.57. The third-order valence-electron chi connectivity index (χ3n) is 3.26. The first kappa shape index (κ1) is 17.7. The summed E-state index contributed by atoms with van der Waals surface area (Å²) in [6.07, 6.45) is 0.265. The maximum atomic E-state index is 12.1. The molecule has 1 aromatic rings. The number of carboxylic acids is 1. The van der Waals surface area contributed by atoms with E-state index < -0.39 is 22.0 Å². The average molecular weight is 313 g/mol. The minimum absolute atomic E-state index is 0.0930. The summed E-state index contributed by atoms with van der Waals surface area (Å²) in [7, 11) is -3.68. The lowest BCUT2D eigenvalue weighted by Gasteiger charge is -2.16. The Kier molecular flexibility index (Phi) is 5.92. The van der Waals surface area contributed by atoms with E-state index in [1.807, 2.05) is 39.8 Å². The van der Waals surface area contributed by atoms with Gasteiger partial charge < -0.3 is 5.11 Å². The molecule has 1 aromatic carbocycles. The predicted molar refractivity (Wildman–Crippen MR) is 82.6 cm³/mol. The van der Waals surface area contributed by atoms with Crippen molar-refractivity contribution in [2.24, 2.45) is 5.92 Å². The number of hydrogen-bond acceptors (Lipinski definition) is 3. The summed E-state index contributed by atoms with van der Waals surface area (Å²) in [5.41, 5.74) is 2.76. The zero-order chi connectivity index (χ0) is 16.2. The van der Waals surface area contributed by atoms with Gasteiger partial charge in [0, 0.05) is 0 Å². The summed E-state index contributed by atoms with van der Waals surface area (Å²) in [6, 6.07) is 4.34. The van der Waals surface area contributed by atoms with Crippen LogP contribution in [0.2, 0.25) is 0 Å². The Labute approximate surface area is 126 Å². The van der Waals surface area contributed by atoms with Crippen molar-refractivity contribution in [2.45, 2.75) is 45.9 Å². The molecule has 5 nitrogen and oxygen atoms in total. The molecule has 1 rings (SSSR count). The van der Waals surface area contributed by atoms with Gasteiger partial charge in [0.15, 0.2) is 0 Å². The molecular weight excluding hydrogens is 290 g/mol. The largest absolute Gasteiger partial charge is 0.480 e. The van der Waals surface area contributed by atoms with E-state index in [2.05, 4.69) is 4.72 Å². The summed E-state index contributed by atoms with van der Waals surface area (Å²) >= 11 is 0. The predicted octanol–water partition coefficient (Wildman–Crippen LogP) is 2.22. The molecule has 0 saturated heterocycles. The molecule has 0 bridgehead atoms. The number of rotatable bonds is 7. The minimum Gasteiger partial charge on any atom is -0.480 e. The number of nitrogens with one attached hydrogen (secondary N) is 1. The molecule has 0 aliphatic carbocycles. The quantitative estimate of drug-likeness (QED) is 0.808. The van der Waals surface area contributed by atoms with E-state index in [4.69, 9.17) is 5.11 Å². The van der Waals surface area contributed by atoms with Gasteiger partial charge in [-0.1, -0.05) is 32.0 Å². The second kappa shape index (κ2) is 7.04. The van der Waals surface area contributed by atoms with Crippen LogP contribution < -0.4 is 4.72 Å². The highest BCUT2D eigenvalue weighted by Crippen LogP contribution is 2.13. The lowest BCUT2D eigenvalue weighted by Crippen LogP contribution is -2.42. The normalized spacial score (nSPS) is 13.4. The van der Waals surface area contributed by atoms with Crippen LogP contribution in [0.25, 0.3) is 0 Å². The van der Waals surface area contributed by atoms with Gasteiger partial charge in [-0.25, -0.2) is 13.1 Å². The van der Waals surface area contributed by atoms with Crippen LogP contribution in [-0.2, 0) is 20.6 Å². The smallest absolute Gasteiger partial charge is 0.321 e. The van der Waals surface area contributed by atoms with Crippen molar-refractivity contribution in [3.63, 3.8) is 0 Å². The fourth-order valence-electron chi connectivity index (χ4n) is 2.04. The molecule has 1 atom stereocenters. The Bertz CT molecular complexity index is 608. The highest BCUT2D eigenvalue weighted by atomic mass is 32.2. The van der Waals surface area contributed by atoms with Crippen LogP contribution in [0, 0.1) is 19.8 Å². The summed E-state index contributed by atoms with van der Waals surface area (Å²) in [5.74, 6) is -1.27. The van der Waals surface area contributed by atoms with Crippen molar-refractivity contribution in [1.29, 1.82) is 0 Å². The van der Waals surface area contributed by atoms with Gasteiger partial charge in [-0.3, -0.25) is 4.79 Å². The maximum Gasteiger partial charge on any atom is 0.321 e. The fraction of sp³-hybridized carbons (Fsp3) is 0.533. The number of carbonyl (C=O) groups is 1. The maximum absolute atomic E-state index is 12.1. The summed E-state index contributed by atoms with van der Waals surface area (Å²) in [4.78, 5) is 11.1. The number of aryl methyl sites for hydroxylation is 2. The molecule has 6 heteroatoms. The van der Waals surface area contributed by atoms with Crippen LogP contribution in [0.1, 0.15) is 37.0 Å². The van der Waals surface area contributed by atoms with Crippen LogP contribution in [0.3, 0.4) is 0 Å². The van der Waals surface area contributed by atoms with E-state index in [1.165, 1.54) is 0 Å². The van der Waals surface area contributed by atoms with Crippen molar-refractivity contribution < 1.29 is 18.3 Å². The first-order valence-corrected chi connectivity index (χ1v) is 8.55. The number of benzene rings is 1. The Hall–Kier alpha value is -1.40. The monoisotopic (exact) mass is 313 g/mol. The lowest BCUT2D eigenvalue weighted by molar-refractivity contribution is -0.139. The molecule has 0 heterocycles. The van der Waals surface area contributed by atoms with Gasteiger partial charge in [-0.2, -0.15) is 0 Å². The SMILES string of the molecule is Cc1ccc(CS(=O)(=O)N[C@@H](CC(C)C)C(=O)O)cc1C. The lowest BCUT2D eigenvalue weighted by atomic mass is 10.1. The molecule has 0 aliphatic heterocycles. The van der Waals surface area contributed by atoms with Gasteiger partial charge in [-0.15, -0.1) is 0 Å². The summed E-state index contributed by atoms with van der Waals surface area (Å²) < 4.78 is 26.5. The Balaban J connectivity index is 2.84. The third kappa shape index (κ3) is 5.85. The number of aliphatic carboxylic acids is 1. The van der Waals surface area contributed by atoms with Crippen molar-refractivity contribution in [3.8, 4) is 0 Å². The van der Waals surface area contributed by atoms with E-state index in [0.717, 1.165) is 11.1 Å². The Morgan fingerprint density at radius 3 is 2.33 bits per heavy atom. The zero-order valence-corrected chi connectivity index (χ0v) is 13.7. The number of hydrogen-bond donors (Lipinski definition) is 2. The molecule has 0 spiro atoms. The van der Waals surface area contributed by atoms with E-state index in [1.54, 1.807) is 6.07 Å². The van der Waals surface area contributed by atoms with E-state index >= 15 is 0 Å². The first-order valence-electron chi connectivity index (χ1n) is 6.89.